The molecule has 0 radical (unpaired) electrons. The summed E-state index contributed by atoms with van der Waals surface area (Å²) < 4.78 is 5.16. The van der Waals surface area contributed by atoms with Crippen molar-refractivity contribution in [3.8, 4) is 0 Å². The van der Waals surface area contributed by atoms with Gasteiger partial charge in [0.05, 0.1) is 6.61 Å². The van der Waals surface area contributed by atoms with Crippen LogP contribution in [0.5, 0.6) is 0 Å². The standard InChI is InChI=1S/C11H17NO4/c1-8(10(14)16-11(2,3)4)12-9(13)6-5-7-15-12/h5-6,8H,7H2,1-4H3/t8-/m1/s1. The number of esters is 1. The number of rotatable bonds is 2. The molecule has 0 unspecified atom stereocenters. The Labute approximate surface area is 95.0 Å². The van der Waals surface area contributed by atoms with Crippen LogP contribution in [0, 0.1) is 0 Å². The predicted molar refractivity (Wildman–Crippen MR) is 57.2 cm³/mol. The molecule has 5 heteroatoms. The van der Waals surface area contributed by atoms with Crippen LogP contribution in [0.4, 0.5) is 0 Å². The van der Waals surface area contributed by atoms with Gasteiger partial charge in [-0.2, -0.15) is 0 Å². The van der Waals surface area contributed by atoms with Crippen LogP contribution in [0.15, 0.2) is 12.2 Å². The highest BCUT2D eigenvalue weighted by Gasteiger charge is 2.30. The third kappa shape index (κ3) is 3.34. The second kappa shape index (κ2) is 4.65. The maximum atomic E-state index is 11.7. The lowest BCUT2D eigenvalue weighted by Gasteiger charge is -2.29. The topological polar surface area (TPSA) is 55.8 Å². The number of carbonyl (C=O) groups is 2. The van der Waals surface area contributed by atoms with Crippen molar-refractivity contribution in [2.45, 2.75) is 39.3 Å². The van der Waals surface area contributed by atoms with Gasteiger partial charge in [-0.15, -0.1) is 0 Å². The number of nitrogens with zero attached hydrogens (tertiary/aromatic N) is 1. The Bertz CT molecular complexity index is 316. The van der Waals surface area contributed by atoms with Gasteiger partial charge in [0, 0.05) is 6.08 Å². The van der Waals surface area contributed by atoms with Gasteiger partial charge in [0.1, 0.15) is 5.60 Å². The van der Waals surface area contributed by atoms with Gasteiger partial charge in [-0.05, 0) is 27.7 Å². The molecule has 1 heterocycles. The van der Waals surface area contributed by atoms with Gasteiger partial charge in [-0.1, -0.05) is 6.08 Å². The number of hydrogen-bond donors (Lipinski definition) is 0. The van der Waals surface area contributed by atoms with E-state index in [-0.39, 0.29) is 5.91 Å². The van der Waals surface area contributed by atoms with Crippen molar-refractivity contribution in [3.05, 3.63) is 12.2 Å². The Morgan fingerprint density at radius 3 is 2.69 bits per heavy atom. The van der Waals surface area contributed by atoms with Gasteiger partial charge >= 0.3 is 5.97 Å². The summed E-state index contributed by atoms with van der Waals surface area (Å²) in [5.41, 5.74) is -0.569. The van der Waals surface area contributed by atoms with Crippen LogP contribution in [-0.2, 0) is 19.2 Å². The average Bonchev–Trinajstić information content (AvgIpc) is 2.15. The molecule has 0 saturated heterocycles. The van der Waals surface area contributed by atoms with Crippen LogP contribution in [-0.4, -0.2) is 35.2 Å². The minimum atomic E-state index is -0.739. The number of carbonyl (C=O) groups excluding carboxylic acids is 2. The van der Waals surface area contributed by atoms with E-state index in [1.807, 2.05) is 0 Å². The number of ether oxygens (including phenoxy) is 1. The molecule has 0 spiro atoms. The van der Waals surface area contributed by atoms with Gasteiger partial charge < -0.3 is 4.74 Å². The number of hydroxylamine groups is 2. The minimum Gasteiger partial charge on any atom is -0.458 e. The van der Waals surface area contributed by atoms with E-state index in [9.17, 15) is 9.59 Å². The molecular weight excluding hydrogens is 210 g/mol. The highest BCUT2D eigenvalue weighted by atomic mass is 16.7. The maximum Gasteiger partial charge on any atom is 0.331 e. The van der Waals surface area contributed by atoms with Crippen molar-refractivity contribution < 1.29 is 19.2 Å². The van der Waals surface area contributed by atoms with Crippen molar-refractivity contribution in [3.63, 3.8) is 0 Å². The van der Waals surface area contributed by atoms with Crippen molar-refractivity contribution >= 4 is 11.9 Å². The molecule has 1 aliphatic rings. The Balaban J connectivity index is 2.63. The van der Waals surface area contributed by atoms with E-state index in [4.69, 9.17) is 9.57 Å². The molecule has 1 rings (SSSR count). The summed E-state index contributed by atoms with van der Waals surface area (Å²) in [4.78, 5) is 28.2. The van der Waals surface area contributed by atoms with Crippen LogP contribution in [0.2, 0.25) is 0 Å². The molecule has 0 aromatic carbocycles. The zero-order valence-corrected chi connectivity index (χ0v) is 10.0. The second-order valence-electron chi connectivity index (χ2n) is 4.57. The van der Waals surface area contributed by atoms with Gasteiger partial charge in [-0.25, -0.2) is 9.86 Å². The zero-order valence-electron chi connectivity index (χ0n) is 10.0. The van der Waals surface area contributed by atoms with Crippen molar-refractivity contribution in [1.29, 1.82) is 0 Å². The molecule has 5 nitrogen and oxygen atoms in total. The van der Waals surface area contributed by atoms with E-state index < -0.39 is 17.6 Å². The third-order valence-electron chi connectivity index (χ3n) is 1.89. The Morgan fingerprint density at radius 2 is 2.19 bits per heavy atom. The molecule has 0 fully saturated rings. The fraction of sp³-hybridized carbons (Fsp3) is 0.636. The normalized spacial score (nSPS) is 18.5. The highest BCUT2D eigenvalue weighted by molar-refractivity contribution is 5.91. The molecule has 1 amide bonds. The summed E-state index contributed by atoms with van der Waals surface area (Å²) >= 11 is 0. The van der Waals surface area contributed by atoms with Crippen LogP contribution < -0.4 is 0 Å². The first-order valence-corrected chi connectivity index (χ1v) is 5.17. The average molecular weight is 227 g/mol. The lowest BCUT2D eigenvalue weighted by molar-refractivity contribution is -0.205. The first-order valence-electron chi connectivity index (χ1n) is 5.17. The van der Waals surface area contributed by atoms with E-state index in [0.717, 1.165) is 5.06 Å². The molecule has 1 atom stereocenters. The quantitative estimate of drug-likeness (QED) is 0.661. The molecular formula is C11H17NO4. The molecule has 0 N–H and O–H groups in total. The summed E-state index contributed by atoms with van der Waals surface area (Å²) in [5.74, 6) is -0.819. The van der Waals surface area contributed by atoms with Gasteiger partial charge in [0.25, 0.3) is 5.91 Å². The smallest absolute Gasteiger partial charge is 0.331 e. The molecule has 0 bridgehead atoms. The molecule has 0 aliphatic carbocycles. The van der Waals surface area contributed by atoms with Crippen LogP contribution >= 0.6 is 0 Å². The van der Waals surface area contributed by atoms with E-state index >= 15 is 0 Å². The highest BCUT2D eigenvalue weighted by Crippen LogP contribution is 2.13. The zero-order chi connectivity index (χ0) is 12.3. The maximum absolute atomic E-state index is 11.7. The monoisotopic (exact) mass is 227 g/mol. The molecule has 0 aromatic heterocycles. The first kappa shape index (κ1) is 12.7. The van der Waals surface area contributed by atoms with E-state index in [1.165, 1.54) is 6.08 Å². The Morgan fingerprint density at radius 1 is 1.56 bits per heavy atom. The Hall–Kier alpha value is -1.36. The fourth-order valence-corrected chi connectivity index (χ4v) is 1.19. The molecule has 90 valence electrons. The summed E-state index contributed by atoms with van der Waals surface area (Å²) in [5, 5.41) is 1.04. The third-order valence-corrected chi connectivity index (χ3v) is 1.89. The van der Waals surface area contributed by atoms with Crippen LogP contribution in [0.25, 0.3) is 0 Å². The molecule has 0 aromatic rings. The number of hydrogen-bond acceptors (Lipinski definition) is 4. The molecule has 1 aliphatic heterocycles. The first-order chi connectivity index (χ1) is 7.31. The van der Waals surface area contributed by atoms with Gasteiger partial charge in [-0.3, -0.25) is 9.63 Å². The van der Waals surface area contributed by atoms with Gasteiger partial charge in [0.15, 0.2) is 6.04 Å². The van der Waals surface area contributed by atoms with E-state index in [1.54, 1.807) is 33.8 Å². The van der Waals surface area contributed by atoms with Gasteiger partial charge in [0.2, 0.25) is 0 Å². The molecule has 16 heavy (non-hydrogen) atoms. The lowest BCUT2D eigenvalue weighted by atomic mass is 10.2. The summed E-state index contributed by atoms with van der Waals surface area (Å²) in [6, 6.07) is -0.739. The fourth-order valence-electron chi connectivity index (χ4n) is 1.19. The Kier molecular flexibility index (Phi) is 3.70. The van der Waals surface area contributed by atoms with E-state index in [2.05, 4.69) is 0 Å². The van der Waals surface area contributed by atoms with Crippen molar-refractivity contribution in [2.75, 3.05) is 6.61 Å². The summed E-state index contributed by atoms with van der Waals surface area (Å²) in [7, 11) is 0. The van der Waals surface area contributed by atoms with Crippen LogP contribution in [0.1, 0.15) is 27.7 Å². The van der Waals surface area contributed by atoms with E-state index in [0.29, 0.717) is 6.61 Å². The largest absolute Gasteiger partial charge is 0.458 e. The molecule has 0 saturated carbocycles. The van der Waals surface area contributed by atoms with Crippen LogP contribution in [0.3, 0.4) is 0 Å². The second-order valence-corrected chi connectivity index (χ2v) is 4.57. The minimum absolute atomic E-state index is 0.291. The lowest BCUT2D eigenvalue weighted by Crippen LogP contribution is -2.46. The number of amides is 1. The SMILES string of the molecule is C[C@H](C(=O)OC(C)(C)C)N1OCC=CC1=O. The predicted octanol–water partition coefficient (Wildman–Crippen LogP) is 1.05. The van der Waals surface area contributed by atoms with Crippen molar-refractivity contribution in [1.82, 2.24) is 5.06 Å². The summed E-state index contributed by atoms with van der Waals surface area (Å²) in [6.07, 6.45) is 2.98. The van der Waals surface area contributed by atoms with Crippen molar-refractivity contribution in [2.24, 2.45) is 0 Å². The summed E-state index contributed by atoms with van der Waals surface area (Å²) in [6.45, 7) is 7.19.